The van der Waals surface area contributed by atoms with E-state index < -0.39 is 18.8 Å². The summed E-state index contributed by atoms with van der Waals surface area (Å²) < 4.78 is 37.4. The fraction of sp³-hybridized carbons (Fsp3) is 0.364. The van der Waals surface area contributed by atoms with E-state index in [4.69, 9.17) is 0 Å². The van der Waals surface area contributed by atoms with Crippen LogP contribution in [0.2, 0.25) is 0 Å². The first-order valence-corrected chi connectivity index (χ1v) is 5.73. The molecule has 1 heterocycles. The van der Waals surface area contributed by atoms with Gasteiger partial charge in [0.2, 0.25) is 0 Å². The van der Waals surface area contributed by atoms with E-state index in [-0.39, 0.29) is 0 Å². The Bertz CT molecular complexity index is 543. The molecule has 0 aliphatic carbocycles. The second-order valence-electron chi connectivity index (χ2n) is 4.09. The van der Waals surface area contributed by atoms with Crippen LogP contribution in [0.5, 0.6) is 0 Å². The van der Waals surface area contributed by atoms with Crippen LogP contribution in [-0.2, 0) is 4.84 Å². The summed E-state index contributed by atoms with van der Waals surface area (Å²) in [5, 5.41) is 10.8. The number of hydrogen-bond acceptors (Lipinski definition) is 5. The van der Waals surface area contributed by atoms with Crippen LogP contribution in [0.1, 0.15) is 18.5 Å². The van der Waals surface area contributed by atoms with Crippen LogP contribution in [0.15, 0.2) is 30.6 Å². The van der Waals surface area contributed by atoms with Crippen molar-refractivity contribution in [3.63, 3.8) is 0 Å². The van der Waals surface area contributed by atoms with Crippen molar-refractivity contribution in [3.8, 4) is 5.69 Å². The second-order valence-corrected chi connectivity index (χ2v) is 4.09. The van der Waals surface area contributed by atoms with E-state index in [0.717, 1.165) is 5.56 Å². The summed E-state index contributed by atoms with van der Waals surface area (Å²) in [5.74, 6) is 0. The normalized spacial score (nSPS) is 13.4. The van der Waals surface area contributed by atoms with Crippen LogP contribution in [0, 0.1) is 0 Å². The Kier molecular flexibility index (Phi) is 4.30. The molecule has 1 N–H and O–H groups in total. The van der Waals surface area contributed by atoms with Crippen molar-refractivity contribution >= 4 is 0 Å². The van der Waals surface area contributed by atoms with Gasteiger partial charge in [0.1, 0.15) is 6.33 Å². The maximum absolute atomic E-state index is 12.0. The average Bonchev–Trinajstić information content (AvgIpc) is 2.91. The summed E-state index contributed by atoms with van der Waals surface area (Å²) in [6, 6.07) is 6.65. The molecule has 0 radical (unpaired) electrons. The standard InChI is InChI=1S/C11H12F3N5O/c1-8(16-20-6-11(12,13)14)9-3-2-4-10(5-9)19-7-15-17-18-19/h2-5,7-8,16H,6H2,1H3. The van der Waals surface area contributed by atoms with Gasteiger partial charge in [-0.15, -0.1) is 5.10 Å². The number of aromatic nitrogens is 4. The minimum atomic E-state index is -4.36. The quantitative estimate of drug-likeness (QED) is 0.850. The first-order chi connectivity index (χ1) is 9.46. The van der Waals surface area contributed by atoms with E-state index in [1.165, 1.54) is 11.0 Å². The van der Waals surface area contributed by atoms with Gasteiger partial charge in [-0.25, -0.2) is 4.68 Å². The average molecular weight is 287 g/mol. The molecule has 0 fully saturated rings. The molecule has 0 aliphatic heterocycles. The first kappa shape index (κ1) is 14.4. The zero-order valence-electron chi connectivity index (χ0n) is 10.5. The number of tetrazole rings is 1. The van der Waals surface area contributed by atoms with Gasteiger partial charge in [0.15, 0.2) is 6.61 Å². The van der Waals surface area contributed by atoms with Crippen molar-refractivity contribution in [1.29, 1.82) is 0 Å². The molecule has 20 heavy (non-hydrogen) atoms. The Morgan fingerprint density at radius 3 is 2.85 bits per heavy atom. The van der Waals surface area contributed by atoms with Crippen molar-refractivity contribution in [1.82, 2.24) is 25.7 Å². The number of hydrogen-bond donors (Lipinski definition) is 1. The van der Waals surface area contributed by atoms with Gasteiger partial charge in [0.25, 0.3) is 0 Å². The lowest BCUT2D eigenvalue weighted by Gasteiger charge is -2.15. The molecule has 0 aliphatic rings. The van der Waals surface area contributed by atoms with E-state index in [2.05, 4.69) is 25.8 Å². The van der Waals surface area contributed by atoms with Gasteiger partial charge >= 0.3 is 6.18 Å². The number of hydroxylamine groups is 1. The van der Waals surface area contributed by atoms with Gasteiger partial charge in [0, 0.05) is 0 Å². The number of benzene rings is 1. The molecular formula is C11H12F3N5O. The van der Waals surface area contributed by atoms with Gasteiger partial charge in [0.05, 0.1) is 11.7 Å². The Labute approximate surface area is 112 Å². The number of halogens is 3. The van der Waals surface area contributed by atoms with Crippen LogP contribution in [0.25, 0.3) is 5.69 Å². The van der Waals surface area contributed by atoms with Crippen molar-refractivity contribution in [3.05, 3.63) is 36.2 Å². The zero-order valence-corrected chi connectivity index (χ0v) is 10.5. The molecule has 6 nitrogen and oxygen atoms in total. The number of nitrogens with one attached hydrogen (secondary N) is 1. The third kappa shape index (κ3) is 4.00. The van der Waals surface area contributed by atoms with Crippen molar-refractivity contribution in [2.24, 2.45) is 0 Å². The van der Waals surface area contributed by atoms with E-state index in [1.54, 1.807) is 31.2 Å². The van der Waals surface area contributed by atoms with Crippen molar-refractivity contribution in [2.75, 3.05) is 6.61 Å². The van der Waals surface area contributed by atoms with Gasteiger partial charge in [-0.1, -0.05) is 12.1 Å². The zero-order chi connectivity index (χ0) is 14.6. The van der Waals surface area contributed by atoms with Crippen LogP contribution < -0.4 is 5.48 Å². The minimum absolute atomic E-state index is 0.409. The molecule has 0 saturated carbocycles. The molecule has 0 bridgehead atoms. The molecule has 1 aromatic heterocycles. The summed E-state index contributed by atoms with van der Waals surface area (Å²) in [6.07, 6.45) is -2.93. The summed E-state index contributed by atoms with van der Waals surface area (Å²) >= 11 is 0. The molecule has 2 aromatic rings. The molecule has 0 saturated heterocycles. The summed E-state index contributed by atoms with van der Waals surface area (Å²) in [7, 11) is 0. The van der Waals surface area contributed by atoms with Gasteiger partial charge in [-0.3, -0.25) is 4.84 Å². The van der Waals surface area contributed by atoms with Crippen molar-refractivity contribution in [2.45, 2.75) is 19.1 Å². The van der Waals surface area contributed by atoms with E-state index in [1.807, 2.05) is 0 Å². The van der Waals surface area contributed by atoms with Gasteiger partial charge in [-0.2, -0.15) is 18.7 Å². The fourth-order valence-electron chi connectivity index (χ4n) is 1.53. The molecule has 108 valence electrons. The topological polar surface area (TPSA) is 64.9 Å². The van der Waals surface area contributed by atoms with Gasteiger partial charge < -0.3 is 0 Å². The Balaban J connectivity index is 2.00. The lowest BCUT2D eigenvalue weighted by molar-refractivity contribution is -0.192. The predicted octanol–water partition coefficient (Wildman–Crippen LogP) is 1.81. The maximum Gasteiger partial charge on any atom is 0.413 e. The Hall–Kier alpha value is -2.00. The van der Waals surface area contributed by atoms with E-state index in [0.29, 0.717) is 5.69 Å². The fourth-order valence-corrected chi connectivity index (χ4v) is 1.53. The molecule has 9 heteroatoms. The van der Waals surface area contributed by atoms with E-state index >= 15 is 0 Å². The summed E-state index contributed by atoms with van der Waals surface area (Å²) in [4.78, 5) is 4.42. The minimum Gasteiger partial charge on any atom is -0.292 e. The lowest BCUT2D eigenvalue weighted by atomic mass is 10.1. The second kappa shape index (κ2) is 5.97. The highest BCUT2D eigenvalue weighted by Gasteiger charge is 2.28. The first-order valence-electron chi connectivity index (χ1n) is 5.73. The Morgan fingerprint density at radius 2 is 2.20 bits per heavy atom. The molecule has 2 rings (SSSR count). The van der Waals surface area contributed by atoms with Crippen LogP contribution >= 0.6 is 0 Å². The van der Waals surface area contributed by atoms with Gasteiger partial charge in [-0.05, 0) is 35.0 Å². The van der Waals surface area contributed by atoms with Crippen LogP contribution in [0.3, 0.4) is 0 Å². The van der Waals surface area contributed by atoms with Crippen LogP contribution in [0.4, 0.5) is 13.2 Å². The lowest BCUT2D eigenvalue weighted by Crippen LogP contribution is -2.26. The predicted molar refractivity (Wildman–Crippen MR) is 62.7 cm³/mol. The monoisotopic (exact) mass is 287 g/mol. The highest BCUT2D eigenvalue weighted by molar-refractivity contribution is 5.35. The smallest absolute Gasteiger partial charge is 0.292 e. The largest absolute Gasteiger partial charge is 0.413 e. The third-order valence-electron chi connectivity index (χ3n) is 2.48. The highest BCUT2D eigenvalue weighted by Crippen LogP contribution is 2.18. The van der Waals surface area contributed by atoms with E-state index in [9.17, 15) is 13.2 Å². The molecular weight excluding hydrogens is 275 g/mol. The molecule has 1 atom stereocenters. The molecule has 1 unspecified atom stereocenters. The molecule has 0 spiro atoms. The maximum atomic E-state index is 12.0. The SMILES string of the molecule is CC(NOCC(F)(F)F)c1cccc(-n2cnnn2)c1. The van der Waals surface area contributed by atoms with Crippen LogP contribution in [-0.4, -0.2) is 33.0 Å². The molecule has 1 aromatic carbocycles. The molecule has 0 amide bonds. The number of rotatable bonds is 5. The highest BCUT2D eigenvalue weighted by atomic mass is 19.4. The van der Waals surface area contributed by atoms with Crippen molar-refractivity contribution < 1.29 is 18.0 Å². The number of alkyl halides is 3. The number of nitrogens with zero attached hydrogens (tertiary/aromatic N) is 4. The summed E-state index contributed by atoms with van der Waals surface area (Å²) in [6.45, 7) is 0.346. The Morgan fingerprint density at radius 1 is 1.40 bits per heavy atom. The third-order valence-corrected chi connectivity index (χ3v) is 2.48. The summed E-state index contributed by atoms with van der Waals surface area (Å²) in [5.41, 5.74) is 3.80.